The number of fused-ring (bicyclic) bond motifs is 1. The molecular weight excluding hydrogens is 399 g/mol. The molecule has 0 atom stereocenters. The van der Waals surface area contributed by atoms with Gasteiger partial charge in [-0.25, -0.2) is 4.39 Å². The Hall–Kier alpha value is -2.02. The lowest BCUT2D eigenvalue weighted by Crippen LogP contribution is -2.34. The van der Waals surface area contributed by atoms with Crippen LogP contribution >= 0.6 is 24.2 Å². The van der Waals surface area contributed by atoms with Crippen LogP contribution in [0, 0.1) is 5.82 Å². The van der Waals surface area contributed by atoms with E-state index >= 15 is 0 Å². The molecule has 148 valence electrons. The lowest BCUT2D eigenvalue weighted by molar-refractivity contribution is 0.0735. The number of halogens is 2. The first kappa shape index (κ1) is 20.7. The van der Waals surface area contributed by atoms with Gasteiger partial charge in [0.05, 0.1) is 0 Å². The summed E-state index contributed by atoms with van der Waals surface area (Å²) in [5, 5.41) is 4.22. The van der Waals surface area contributed by atoms with Gasteiger partial charge in [-0.05, 0) is 31.2 Å². The van der Waals surface area contributed by atoms with Crippen molar-refractivity contribution in [1.82, 2.24) is 10.2 Å². The average Bonchev–Trinajstić information content (AvgIpc) is 2.86. The Balaban J connectivity index is 0.00000225. The van der Waals surface area contributed by atoms with Crippen molar-refractivity contribution in [2.24, 2.45) is 0 Å². The predicted octanol–water partition coefficient (Wildman–Crippen LogP) is 4.72. The zero-order valence-corrected chi connectivity index (χ0v) is 17.0. The highest BCUT2D eigenvalue weighted by Crippen LogP contribution is 2.33. The van der Waals surface area contributed by atoms with E-state index in [0.29, 0.717) is 35.1 Å². The largest absolute Gasteiger partial charge is 0.451 e. The number of para-hydroxylation sites is 1. The molecule has 0 bridgehead atoms. The number of hydrogen-bond acceptors (Lipinski definition) is 4. The molecule has 1 fully saturated rings. The number of carbonyl (C=O) groups excluding carboxylic acids is 1. The molecule has 1 aliphatic rings. The highest BCUT2D eigenvalue weighted by atomic mass is 35.5. The maximum absolute atomic E-state index is 14.0. The third kappa shape index (κ3) is 4.35. The summed E-state index contributed by atoms with van der Waals surface area (Å²) in [6, 6.07) is 14.3. The van der Waals surface area contributed by atoms with Crippen LogP contribution in [-0.2, 0) is 5.75 Å². The van der Waals surface area contributed by atoms with E-state index in [4.69, 9.17) is 4.42 Å². The van der Waals surface area contributed by atoms with Crippen molar-refractivity contribution in [2.75, 3.05) is 26.2 Å². The monoisotopic (exact) mass is 420 g/mol. The van der Waals surface area contributed by atoms with Crippen LogP contribution in [0.25, 0.3) is 11.0 Å². The van der Waals surface area contributed by atoms with E-state index in [-0.39, 0.29) is 24.1 Å². The molecule has 1 saturated heterocycles. The highest BCUT2D eigenvalue weighted by Gasteiger charge is 2.25. The van der Waals surface area contributed by atoms with Gasteiger partial charge >= 0.3 is 0 Å². The van der Waals surface area contributed by atoms with E-state index in [2.05, 4.69) is 5.32 Å². The zero-order chi connectivity index (χ0) is 18.6. The molecule has 1 amide bonds. The summed E-state index contributed by atoms with van der Waals surface area (Å²) in [6.45, 7) is 3.07. The van der Waals surface area contributed by atoms with Crippen LogP contribution in [0.3, 0.4) is 0 Å². The van der Waals surface area contributed by atoms with Crippen molar-refractivity contribution < 1.29 is 13.6 Å². The first-order valence-corrected chi connectivity index (χ1v) is 10.1. The van der Waals surface area contributed by atoms with Crippen molar-refractivity contribution in [3.63, 3.8) is 0 Å². The molecule has 1 N–H and O–H groups in total. The van der Waals surface area contributed by atoms with Gasteiger partial charge < -0.3 is 14.6 Å². The van der Waals surface area contributed by atoms with E-state index in [1.54, 1.807) is 12.1 Å². The zero-order valence-electron chi connectivity index (χ0n) is 15.3. The molecule has 4 rings (SSSR count). The van der Waals surface area contributed by atoms with E-state index < -0.39 is 0 Å². The van der Waals surface area contributed by atoms with E-state index in [1.807, 2.05) is 35.2 Å². The normalized spacial score (nSPS) is 14.5. The minimum atomic E-state index is -0.248. The van der Waals surface area contributed by atoms with Crippen LogP contribution in [0.5, 0.6) is 0 Å². The average molecular weight is 421 g/mol. The molecule has 2 aromatic carbocycles. The van der Waals surface area contributed by atoms with Gasteiger partial charge in [-0.1, -0.05) is 30.3 Å². The maximum atomic E-state index is 14.0. The number of rotatable bonds is 4. The lowest BCUT2D eigenvalue weighted by atomic mass is 10.1. The van der Waals surface area contributed by atoms with Gasteiger partial charge in [0.25, 0.3) is 5.91 Å². The quantitative estimate of drug-likeness (QED) is 0.620. The molecule has 7 heteroatoms. The standard InChI is InChI=1S/C21H21FN2O2S.ClH/c22-17-7-2-4-9-19(17)27-14-16-15-6-1-3-8-18(15)26-20(16)21(25)24-12-5-10-23-11-13-24;/h1-4,6-9,23H,5,10-14H2;1H. The number of benzene rings is 2. The summed E-state index contributed by atoms with van der Waals surface area (Å²) in [5.41, 5.74) is 1.53. The Morgan fingerprint density at radius 1 is 1.11 bits per heavy atom. The van der Waals surface area contributed by atoms with Crippen LogP contribution in [0.15, 0.2) is 57.8 Å². The third-order valence-corrected chi connectivity index (χ3v) is 5.80. The molecule has 0 saturated carbocycles. The molecule has 0 radical (unpaired) electrons. The SMILES string of the molecule is Cl.O=C(c1oc2ccccc2c1CSc1ccccc1F)N1CCCNCC1. The summed E-state index contributed by atoms with van der Waals surface area (Å²) in [7, 11) is 0. The van der Waals surface area contributed by atoms with Crippen LogP contribution in [0.1, 0.15) is 22.5 Å². The van der Waals surface area contributed by atoms with Crippen LogP contribution in [0.2, 0.25) is 0 Å². The Bertz CT molecular complexity index is 954. The molecule has 1 aliphatic heterocycles. The number of thioether (sulfide) groups is 1. The predicted molar refractivity (Wildman–Crippen MR) is 113 cm³/mol. The van der Waals surface area contributed by atoms with Crippen molar-refractivity contribution in [3.8, 4) is 0 Å². The molecule has 0 spiro atoms. The molecule has 1 aromatic heterocycles. The highest BCUT2D eigenvalue weighted by molar-refractivity contribution is 7.98. The summed E-state index contributed by atoms with van der Waals surface area (Å²) < 4.78 is 20.0. The number of furan rings is 1. The smallest absolute Gasteiger partial charge is 0.289 e. The second-order valence-electron chi connectivity index (χ2n) is 6.52. The van der Waals surface area contributed by atoms with Crippen molar-refractivity contribution >= 4 is 41.0 Å². The van der Waals surface area contributed by atoms with E-state index in [1.165, 1.54) is 17.8 Å². The Morgan fingerprint density at radius 3 is 2.75 bits per heavy atom. The third-order valence-electron chi connectivity index (χ3n) is 4.73. The second-order valence-corrected chi connectivity index (χ2v) is 7.54. The first-order valence-electron chi connectivity index (χ1n) is 9.12. The minimum absolute atomic E-state index is 0. The van der Waals surface area contributed by atoms with Gasteiger partial charge in [-0.2, -0.15) is 0 Å². The molecule has 3 aromatic rings. The van der Waals surface area contributed by atoms with E-state index in [0.717, 1.165) is 30.5 Å². The topological polar surface area (TPSA) is 45.5 Å². The Kier molecular flexibility index (Phi) is 6.99. The van der Waals surface area contributed by atoms with Gasteiger partial charge in [0, 0.05) is 41.2 Å². The summed E-state index contributed by atoms with van der Waals surface area (Å²) in [6.07, 6.45) is 0.922. The van der Waals surface area contributed by atoms with Crippen LogP contribution in [-0.4, -0.2) is 37.0 Å². The number of nitrogens with zero attached hydrogens (tertiary/aromatic N) is 1. The number of amides is 1. The molecule has 2 heterocycles. The Labute approximate surface area is 173 Å². The fourth-order valence-electron chi connectivity index (χ4n) is 3.32. The summed E-state index contributed by atoms with van der Waals surface area (Å²) in [4.78, 5) is 15.6. The number of carbonyl (C=O) groups is 1. The summed E-state index contributed by atoms with van der Waals surface area (Å²) >= 11 is 1.38. The van der Waals surface area contributed by atoms with Gasteiger partial charge in [-0.3, -0.25) is 4.79 Å². The van der Waals surface area contributed by atoms with Gasteiger partial charge in [0.2, 0.25) is 0 Å². The summed E-state index contributed by atoms with van der Waals surface area (Å²) in [5.74, 6) is 0.521. The van der Waals surface area contributed by atoms with Crippen molar-refractivity contribution in [2.45, 2.75) is 17.1 Å². The van der Waals surface area contributed by atoms with Gasteiger partial charge in [-0.15, -0.1) is 24.2 Å². The van der Waals surface area contributed by atoms with Gasteiger partial charge in [0.15, 0.2) is 5.76 Å². The molecule has 28 heavy (non-hydrogen) atoms. The Morgan fingerprint density at radius 2 is 1.89 bits per heavy atom. The van der Waals surface area contributed by atoms with Gasteiger partial charge in [0.1, 0.15) is 11.4 Å². The number of hydrogen-bond donors (Lipinski definition) is 1. The van der Waals surface area contributed by atoms with Crippen LogP contribution in [0.4, 0.5) is 4.39 Å². The minimum Gasteiger partial charge on any atom is -0.451 e. The van der Waals surface area contributed by atoms with Crippen molar-refractivity contribution in [3.05, 3.63) is 65.7 Å². The van der Waals surface area contributed by atoms with E-state index in [9.17, 15) is 9.18 Å². The fraction of sp³-hybridized carbons (Fsp3) is 0.286. The van der Waals surface area contributed by atoms with Crippen molar-refractivity contribution in [1.29, 1.82) is 0 Å². The maximum Gasteiger partial charge on any atom is 0.289 e. The second kappa shape index (κ2) is 9.45. The molecular formula is C21H22ClFN2O2S. The molecule has 4 nitrogen and oxygen atoms in total. The first-order chi connectivity index (χ1) is 13.2. The number of nitrogens with one attached hydrogen (secondary N) is 1. The van der Waals surface area contributed by atoms with Crippen LogP contribution < -0.4 is 5.32 Å². The molecule has 0 aliphatic carbocycles. The molecule has 0 unspecified atom stereocenters. The lowest BCUT2D eigenvalue weighted by Gasteiger charge is -2.19. The fourth-order valence-corrected chi connectivity index (χ4v) is 4.29.